The van der Waals surface area contributed by atoms with Gasteiger partial charge in [0.15, 0.2) is 0 Å². The van der Waals surface area contributed by atoms with Crippen molar-refractivity contribution < 1.29 is 5.11 Å². The molecule has 3 nitrogen and oxygen atoms in total. The van der Waals surface area contributed by atoms with Crippen molar-refractivity contribution >= 4 is 5.69 Å². The van der Waals surface area contributed by atoms with Gasteiger partial charge >= 0.3 is 0 Å². The van der Waals surface area contributed by atoms with Crippen molar-refractivity contribution in [2.75, 3.05) is 19.0 Å². The van der Waals surface area contributed by atoms with Gasteiger partial charge in [-0.1, -0.05) is 12.1 Å². The fourth-order valence-electron chi connectivity index (χ4n) is 1.27. The minimum absolute atomic E-state index is 0.236. The molecule has 0 fully saturated rings. The van der Waals surface area contributed by atoms with Crippen molar-refractivity contribution in [2.45, 2.75) is 19.1 Å². The summed E-state index contributed by atoms with van der Waals surface area (Å²) in [5, 5.41) is 9.69. The molecule has 0 spiro atoms. The van der Waals surface area contributed by atoms with Gasteiger partial charge in [0.2, 0.25) is 0 Å². The maximum atomic E-state index is 9.69. The highest BCUT2D eigenvalue weighted by Crippen LogP contribution is 2.19. The van der Waals surface area contributed by atoms with Crippen molar-refractivity contribution in [1.29, 1.82) is 0 Å². The third-order valence-electron chi connectivity index (χ3n) is 2.25. The molecule has 3 heteroatoms. The third-order valence-corrected chi connectivity index (χ3v) is 2.25. The van der Waals surface area contributed by atoms with E-state index in [-0.39, 0.29) is 6.04 Å². The Balaban J connectivity index is 2.83. The van der Waals surface area contributed by atoms with Crippen molar-refractivity contribution in [3.8, 4) is 0 Å². The Morgan fingerprint density at radius 3 is 2.07 bits per heavy atom. The molecule has 2 atom stereocenters. The van der Waals surface area contributed by atoms with Crippen LogP contribution in [0.3, 0.4) is 0 Å². The smallest absolute Gasteiger partial charge is 0.0938 e. The van der Waals surface area contributed by atoms with E-state index in [1.165, 1.54) is 0 Å². The van der Waals surface area contributed by atoms with Crippen LogP contribution in [0.5, 0.6) is 0 Å². The SMILES string of the molecule is CC(N)C(O)c1ccc(N(C)C)cc1. The highest BCUT2D eigenvalue weighted by atomic mass is 16.3. The predicted molar refractivity (Wildman–Crippen MR) is 59.4 cm³/mol. The number of anilines is 1. The Hall–Kier alpha value is -1.06. The summed E-state index contributed by atoms with van der Waals surface area (Å²) in [7, 11) is 3.97. The van der Waals surface area contributed by atoms with Crippen LogP contribution in [0, 0.1) is 0 Å². The molecule has 1 aromatic rings. The molecule has 78 valence electrons. The van der Waals surface area contributed by atoms with Gasteiger partial charge in [-0.05, 0) is 24.6 Å². The van der Waals surface area contributed by atoms with Crippen LogP contribution in [0.4, 0.5) is 5.69 Å². The van der Waals surface area contributed by atoms with E-state index < -0.39 is 6.10 Å². The maximum absolute atomic E-state index is 9.69. The monoisotopic (exact) mass is 194 g/mol. The van der Waals surface area contributed by atoms with Gasteiger partial charge < -0.3 is 15.7 Å². The van der Waals surface area contributed by atoms with Gasteiger partial charge in [-0.15, -0.1) is 0 Å². The van der Waals surface area contributed by atoms with E-state index in [4.69, 9.17) is 5.73 Å². The summed E-state index contributed by atoms with van der Waals surface area (Å²) in [6, 6.07) is 7.52. The molecular formula is C11H18N2O. The summed E-state index contributed by atoms with van der Waals surface area (Å²) in [5.41, 5.74) is 7.59. The number of aliphatic hydroxyl groups is 1. The fourth-order valence-corrected chi connectivity index (χ4v) is 1.27. The van der Waals surface area contributed by atoms with E-state index in [1.807, 2.05) is 43.3 Å². The van der Waals surface area contributed by atoms with Crippen LogP contribution in [0.1, 0.15) is 18.6 Å². The zero-order chi connectivity index (χ0) is 10.7. The predicted octanol–water partition coefficient (Wildman–Crippen LogP) is 1.13. The summed E-state index contributed by atoms with van der Waals surface area (Å²) in [6.07, 6.45) is -0.578. The first-order chi connectivity index (χ1) is 6.52. The normalized spacial score (nSPS) is 14.9. The minimum atomic E-state index is -0.578. The molecule has 0 saturated carbocycles. The van der Waals surface area contributed by atoms with Crippen molar-refractivity contribution in [1.82, 2.24) is 0 Å². The topological polar surface area (TPSA) is 49.5 Å². The molecule has 0 aromatic heterocycles. The van der Waals surface area contributed by atoms with Gasteiger partial charge in [0, 0.05) is 25.8 Å². The van der Waals surface area contributed by atoms with Gasteiger partial charge in [-0.3, -0.25) is 0 Å². The maximum Gasteiger partial charge on any atom is 0.0938 e. The zero-order valence-corrected chi connectivity index (χ0v) is 8.94. The number of hydrogen-bond acceptors (Lipinski definition) is 3. The van der Waals surface area contributed by atoms with Crippen LogP contribution in [-0.4, -0.2) is 25.2 Å². The first kappa shape index (κ1) is 11.0. The summed E-state index contributed by atoms with van der Waals surface area (Å²) < 4.78 is 0. The highest BCUT2D eigenvalue weighted by molar-refractivity contribution is 5.46. The Morgan fingerprint density at radius 1 is 1.21 bits per heavy atom. The molecule has 0 bridgehead atoms. The lowest BCUT2D eigenvalue weighted by Gasteiger charge is -2.17. The molecule has 1 aromatic carbocycles. The second kappa shape index (κ2) is 4.44. The van der Waals surface area contributed by atoms with E-state index in [0.717, 1.165) is 11.3 Å². The fraction of sp³-hybridized carbons (Fsp3) is 0.455. The molecular weight excluding hydrogens is 176 g/mol. The summed E-state index contributed by atoms with van der Waals surface area (Å²) >= 11 is 0. The summed E-state index contributed by atoms with van der Waals surface area (Å²) in [6.45, 7) is 1.80. The van der Waals surface area contributed by atoms with Crippen LogP contribution in [-0.2, 0) is 0 Å². The largest absolute Gasteiger partial charge is 0.387 e. The molecule has 0 radical (unpaired) electrons. The van der Waals surface area contributed by atoms with Gasteiger partial charge in [0.1, 0.15) is 0 Å². The minimum Gasteiger partial charge on any atom is -0.387 e. The van der Waals surface area contributed by atoms with Crippen molar-refractivity contribution in [3.05, 3.63) is 29.8 Å². The summed E-state index contributed by atoms with van der Waals surface area (Å²) in [5.74, 6) is 0. The lowest BCUT2D eigenvalue weighted by atomic mass is 10.0. The van der Waals surface area contributed by atoms with Crippen LogP contribution in [0.2, 0.25) is 0 Å². The molecule has 2 unspecified atom stereocenters. The molecule has 0 amide bonds. The number of nitrogens with zero attached hydrogens (tertiary/aromatic N) is 1. The second-order valence-electron chi connectivity index (χ2n) is 3.79. The molecule has 14 heavy (non-hydrogen) atoms. The lowest BCUT2D eigenvalue weighted by molar-refractivity contribution is 0.153. The van der Waals surface area contributed by atoms with Gasteiger partial charge in [0.25, 0.3) is 0 Å². The molecule has 3 N–H and O–H groups in total. The molecule has 0 saturated heterocycles. The lowest BCUT2D eigenvalue weighted by Crippen LogP contribution is -2.24. The number of nitrogens with two attached hydrogens (primary N) is 1. The average Bonchev–Trinajstić information content (AvgIpc) is 2.16. The Morgan fingerprint density at radius 2 is 1.71 bits per heavy atom. The molecule has 0 heterocycles. The first-order valence-electron chi connectivity index (χ1n) is 4.73. The van der Waals surface area contributed by atoms with Gasteiger partial charge in [-0.2, -0.15) is 0 Å². The highest BCUT2D eigenvalue weighted by Gasteiger charge is 2.11. The first-order valence-corrected chi connectivity index (χ1v) is 4.73. The molecule has 0 aliphatic heterocycles. The van der Waals surface area contributed by atoms with Crippen molar-refractivity contribution in [2.24, 2.45) is 5.73 Å². The van der Waals surface area contributed by atoms with Crippen LogP contribution < -0.4 is 10.6 Å². The number of hydrogen-bond donors (Lipinski definition) is 2. The molecule has 0 aliphatic rings. The number of rotatable bonds is 3. The molecule has 1 rings (SSSR count). The van der Waals surface area contributed by atoms with Crippen LogP contribution in [0.15, 0.2) is 24.3 Å². The Kier molecular flexibility index (Phi) is 3.49. The Labute approximate surface area is 85.2 Å². The van der Waals surface area contributed by atoms with Crippen molar-refractivity contribution in [3.63, 3.8) is 0 Å². The van der Waals surface area contributed by atoms with Crippen LogP contribution in [0.25, 0.3) is 0 Å². The van der Waals surface area contributed by atoms with Gasteiger partial charge in [-0.25, -0.2) is 0 Å². The number of benzene rings is 1. The average molecular weight is 194 g/mol. The summed E-state index contributed by atoms with van der Waals surface area (Å²) in [4.78, 5) is 2.02. The van der Waals surface area contributed by atoms with E-state index in [0.29, 0.717) is 0 Å². The van der Waals surface area contributed by atoms with Gasteiger partial charge in [0.05, 0.1) is 6.10 Å². The Bertz CT molecular complexity index is 280. The van der Waals surface area contributed by atoms with E-state index in [9.17, 15) is 5.11 Å². The third kappa shape index (κ3) is 2.47. The van der Waals surface area contributed by atoms with E-state index >= 15 is 0 Å². The van der Waals surface area contributed by atoms with Crippen LogP contribution >= 0.6 is 0 Å². The molecule has 0 aliphatic carbocycles. The van der Waals surface area contributed by atoms with E-state index in [1.54, 1.807) is 6.92 Å². The zero-order valence-electron chi connectivity index (χ0n) is 8.94. The quantitative estimate of drug-likeness (QED) is 0.758. The standard InChI is InChI=1S/C11H18N2O/c1-8(12)11(14)9-4-6-10(7-5-9)13(2)3/h4-8,11,14H,12H2,1-3H3. The van der Waals surface area contributed by atoms with E-state index in [2.05, 4.69) is 0 Å². The number of aliphatic hydroxyl groups excluding tert-OH is 1. The second-order valence-corrected chi connectivity index (χ2v) is 3.79.